The molecule has 1 aliphatic rings. The molecule has 1 fully saturated rings. The second-order valence-electron chi connectivity index (χ2n) is 4.86. The monoisotopic (exact) mass is 258 g/mol. The summed E-state index contributed by atoms with van der Waals surface area (Å²) < 4.78 is 5.38. The van der Waals surface area contributed by atoms with E-state index in [2.05, 4.69) is 20.2 Å². The largest absolute Gasteiger partial charge is 0.468 e. The number of furan rings is 1. The molecule has 0 bridgehead atoms. The van der Waals surface area contributed by atoms with E-state index >= 15 is 0 Å². The van der Waals surface area contributed by atoms with E-state index in [0.29, 0.717) is 6.04 Å². The normalized spacial score (nSPS) is 17.5. The maximum atomic E-state index is 5.38. The van der Waals surface area contributed by atoms with Crippen LogP contribution in [0.15, 0.2) is 41.4 Å². The van der Waals surface area contributed by atoms with Crippen molar-refractivity contribution in [2.24, 2.45) is 0 Å². The predicted molar refractivity (Wildman–Crippen MR) is 72.7 cm³/mol. The Hall–Kier alpha value is -1.88. The molecule has 19 heavy (non-hydrogen) atoms. The van der Waals surface area contributed by atoms with Crippen LogP contribution in [0.1, 0.15) is 18.6 Å². The summed E-state index contributed by atoms with van der Waals surface area (Å²) in [6, 6.07) is 4.46. The molecule has 2 aromatic rings. The van der Waals surface area contributed by atoms with Crippen LogP contribution < -0.4 is 5.32 Å². The lowest BCUT2D eigenvalue weighted by Gasteiger charge is -2.31. The van der Waals surface area contributed by atoms with Crippen molar-refractivity contribution in [3.05, 3.63) is 42.7 Å². The molecule has 0 radical (unpaired) electrons. The molecule has 0 unspecified atom stereocenters. The van der Waals surface area contributed by atoms with Gasteiger partial charge in [0, 0.05) is 31.5 Å². The first-order chi connectivity index (χ1) is 9.40. The van der Waals surface area contributed by atoms with Crippen LogP contribution in [0.4, 0.5) is 5.82 Å². The van der Waals surface area contributed by atoms with E-state index in [4.69, 9.17) is 4.42 Å². The van der Waals surface area contributed by atoms with Gasteiger partial charge in [-0.1, -0.05) is 0 Å². The summed E-state index contributed by atoms with van der Waals surface area (Å²) in [7, 11) is 0. The van der Waals surface area contributed by atoms with Crippen molar-refractivity contribution in [3.63, 3.8) is 0 Å². The molecule has 1 saturated heterocycles. The van der Waals surface area contributed by atoms with Crippen molar-refractivity contribution in [3.8, 4) is 0 Å². The molecule has 0 atom stereocenters. The van der Waals surface area contributed by atoms with Crippen LogP contribution in [-0.2, 0) is 6.54 Å². The van der Waals surface area contributed by atoms with Crippen molar-refractivity contribution < 1.29 is 4.42 Å². The number of rotatable bonds is 4. The Labute approximate surface area is 112 Å². The number of likely N-dealkylation sites (tertiary alicyclic amines) is 1. The molecule has 3 heterocycles. The van der Waals surface area contributed by atoms with E-state index in [-0.39, 0.29) is 0 Å². The molecule has 0 saturated carbocycles. The van der Waals surface area contributed by atoms with E-state index in [1.54, 1.807) is 24.9 Å². The number of anilines is 1. The fourth-order valence-electron chi connectivity index (χ4n) is 2.44. The summed E-state index contributed by atoms with van der Waals surface area (Å²) in [6.45, 7) is 3.07. The van der Waals surface area contributed by atoms with Gasteiger partial charge in [0.15, 0.2) is 0 Å². The Balaban J connectivity index is 1.47. The van der Waals surface area contributed by atoms with Crippen LogP contribution in [0.2, 0.25) is 0 Å². The van der Waals surface area contributed by atoms with Gasteiger partial charge < -0.3 is 9.73 Å². The Morgan fingerprint density at radius 2 is 2.21 bits per heavy atom. The van der Waals surface area contributed by atoms with Crippen molar-refractivity contribution in [2.45, 2.75) is 25.4 Å². The zero-order chi connectivity index (χ0) is 12.9. The fourth-order valence-corrected chi connectivity index (χ4v) is 2.44. The third-order valence-corrected chi connectivity index (χ3v) is 3.46. The zero-order valence-corrected chi connectivity index (χ0v) is 10.8. The van der Waals surface area contributed by atoms with E-state index < -0.39 is 0 Å². The van der Waals surface area contributed by atoms with E-state index in [1.807, 2.05) is 12.1 Å². The molecule has 3 rings (SSSR count). The van der Waals surface area contributed by atoms with E-state index in [1.165, 1.54) is 0 Å². The Bertz CT molecular complexity index is 477. The minimum absolute atomic E-state index is 0.490. The summed E-state index contributed by atoms with van der Waals surface area (Å²) in [6.07, 6.45) is 9.16. The number of nitrogens with one attached hydrogen (secondary N) is 1. The van der Waals surface area contributed by atoms with Crippen molar-refractivity contribution in [1.82, 2.24) is 14.9 Å². The lowest BCUT2D eigenvalue weighted by Crippen LogP contribution is -2.38. The van der Waals surface area contributed by atoms with E-state index in [0.717, 1.165) is 44.1 Å². The number of aromatic nitrogens is 2. The van der Waals surface area contributed by atoms with Gasteiger partial charge in [-0.3, -0.25) is 9.88 Å². The Morgan fingerprint density at radius 3 is 2.89 bits per heavy atom. The molecule has 5 nitrogen and oxygen atoms in total. The van der Waals surface area contributed by atoms with Crippen molar-refractivity contribution in [2.75, 3.05) is 18.4 Å². The second-order valence-corrected chi connectivity index (χ2v) is 4.86. The van der Waals surface area contributed by atoms with Gasteiger partial charge in [-0.2, -0.15) is 0 Å². The number of hydrogen-bond acceptors (Lipinski definition) is 5. The van der Waals surface area contributed by atoms with Crippen LogP contribution in [-0.4, -0.2) is 34.0 Å². The van der Waals surface area contributed by atoms with Gasteiger partial charge >= 0.3 is 0 Å². The van der Waals surface area contributed by atoms with Gasteiger partial charge in [0.05, 0.1) is 19.0 Å². The van der Waals surface area contributed by atoms with Gasteiger partial charge in [0.2, 0.25) is 0 Å². The molecule has 2 aromatic heterocycles. The summed E-state index contributed by atoms with van der Waals surface area (Å²) in [4.78, 5) is 10.7. The maximum absolute atomic E-state index is 5.38. The minimum atomic E-state index is 0.490. The highest BCUT2D eigenvalue weighted by molar-refractivity contribution is 5.31. The first-order valence-corrected chi connectivity index (χ1v) is 6.67. The quantitative estimate of drug-likeness (QED) is 0.910. The molecule has 0 aromatic carbocycles. The highest BCUT2D eigenvalue weighted by Gasteiger charge is 2.19. The summed E-state index contributed by atoms with van der Waals surface area (Å²) in [5.41, 5.74) is 0. The zero-order valence-electron chi connectivity index (χ0n) is 10.8. The first-order valence-electron chi connectivity index (χ1n) is 6.67. The third-order valence-electron chi connectivity index (χ3n) is 3.46. The van der Waals surface area contributed by atoms with Crippen molar-refractivity contribution >= 4 is 5.82 Å². The minimum Gasteiger partial charge on any atom is -0.468 e. The molecular formula is C14H18N4O. The highest BCUT2D eigenvalue weighted by Crippen LogP contribution is 2.16. The maximum Gasteiger partial charge on any atom is 0.144 e. The SMILES string of the molecule is c1coc(CN2CCC(Nc3cnccn3)CC2)c1. The standard InChI is InChI=1S/C14H18N4O/c1-2-13(19-9-1)11-18-7-3-12(4-8-18)17-14-10-15-5-6-16-14/h1-2,5-6,9-10,12H,3-4,7-8,11H2,(H,16,17). The highest BCUT2D eigenvalue weighted by atomic mass is 16.3. The van der Waals surface area contributed by atoms with Gasteiger partial charge in [0.25, 0.3) is 0 Å². The van der Waals surface area contributed by atoms with Gasteiger partial charge in [-0.25, -0.2) is 4.98 Å². The first kappa shape index (κ1) is 12.2. The fraction of sp³-hybridized carbons (Fsp3) is 0.429. The lowest BCUT2D eigenvalue weighted by atomic mass is 10.1. The predicted octanol–water partition coefficient (Wildman–Crippen LogP) is 2.15. The van der Waals surface area contributed by atoms with Crippen LogP contribution in [0.3, 0.4) is 0 Å². The average molecular weight is 258 g/mol. The third kappa shape index (κ3) is 3.32. The molecule has 5 heteroatoms. The Morgan fingerprint density at radius 1 is 1.32 bits per heavy atom. The van der Waals surface area contributed by atoms with Crippen LogP contribution >= 0.6 is 0 Å². The van der Waals surface area contributed by atoms with Crippen LogP contribution in [0.25, 0.3) is 0 Å². The molecule has 100 valence electrons. The summed E-state index contributed by atoms with van der Waals surface area (Å²) >= 11 is 0. The van der Waals surface area contributed by atoms with E-state index in [9.17, 15) is 0 Å². The molecule has 0 spiro atoms. The molecular weight excluding hydrogens is 240 g/mol. The Kier molecular flexibility index (Phi) is 3.74. The van der Waals surface area contributed by atoms with Gasteiger partial charge in [-0.15, -0.1) is 0 Å². The molecule has 1 aliphatic heterocycles. The number of piperidine rings is 1. The number of hydrogen-bond donors (Lipinski definition) is 1. The van der Waals surface area contributed by atoms with Crippen LogP contribution in [0.5, 0.6) is 0 Å². The average Bonchev–Trinajstić information content (AvgIpc) is 2.95. The van der Waals surface area contributed by atoms with Crippen LogP contribution in [0, 0.1) is 0 Å². The summed E-state index contributed by atoms with van der Waals surface area (Å²) in [5.74, 6) is 1.91. The topological polar surface area (TPSA) is 54.2 Å². The molecule has 0 amide bonds. The molecule has 1 N–H and O–H groups in total. The molecule has 0 aliphatic carbocycles. The second kappa shape index (κ2) is 5.84. The lowest BCUT2D eigenvalue weighted by molar-refractivity contribution is 0.196. The van der Waals surface area contributed by atoms with Gasteiger partial charge in [0.1, 0.15) is 11.6 Å². The van der Waals surface area contributed by atoms with Crippen molar-refractivity contribution in [1.29, 1.82) is 0 Å². The summed E-state index contributed by atoms with van der Waals surface area (Å²) in [5, 5.41) is 3.44. The smallest absolute Gasteiger partial charge is 0.144 e. The van der Waals surface area contributed by atoms with Gasteiger partial charge in [-0.05, 0) is 25.0 Å². The number of nitrogens with zero attached hydrogens (tertiary/aromatic N) is 3.